The Morgan fingerprint density at radius 2 is 2.08 bits per heavy atom. The predicted octanol–water partition coefficient (Wildman–Crippen LogP) is 4.29. The normalized spacial score (nSPS) is 19.9. The van der Waals surface area contributed by atoms with Crippen LogP contribution in [0, 0.1) is 5.92 Å². The first-order valence-corrected chi connectivity index (χ1v) is 9.44. The molecule has 25 heavy (non-hydrogen) atoms. The Labute approximate surface area is 151 Å². The molecule has 1 N–H and O–H groups in total. The molecule has 1 aliphatic carbocycles. The molecule has 0 aromatic rings. The number of aliphatic hydroxyl groups excluding tert-OH is 1. The lowest BCUT2D eigenvalue weighted by Gasteiger charge is -2.08. The summed E-state index contributed by atoms with van der Waals surface area (Å²) >= 11 is 0. The molecule has 0 spiro atoms. The van der Waals surface area contributed by atoms with Crippen molar-refractivity contribution in [2.45, 2.75) is 70.8 Å². The van der Waals surface area contributed by atoms with E-state index in [9.17, 15) is 14.7 Å². The van der Waals surface area contributed by atoms with Crippen LogP contribution in [0.25, 0.3) is 0 Å². The number of rotatable bonds is 12. The van der Waals surface area contributed by atoms with Gasteiger partial charge in [-0.1, -0.05) is 56.9 Å². The molecule has 0 unspecified atom stereocenters. The largest absolute Gasteiger partial charge is 0.469 e. The van der Waals surface area contributed by atoms with Crippen LogP contribution in [0.5, 0.6) is 0 Å². The molecule has 0 amide bonds. The summed E-state index contributed by atoms with van der Waals surface area (Å²) in [5, 5.41) is 9.97. The monoisotopic (exact) mass is 348 g/mol. The minimum Gasteiger partial charge on any atom is -0.469 e. The molecular formula is C21H32O4. The fraction of sp³-hybridized carbons (Fsp3) is 0.619. The lowest BCUT2D eigenvalue weighted by molar-refractivity contribution is -0.140. The summed E-state index contributed by atoms with van der Waals surface area (Å²) in [5.41, 5.74) is 0.796. The molecule has 0 aliphatic heterocycles. The molecule has 0 aromatic heterocycles. The smallest absolute Gasteiger partial charge is 0.305 e. The number of carbonyl (C=O) groups excluding carboxylic acids is 2. The van der Waals surface area contributed by atoms with Gasteiger partial charge in [-0.15, -0.1) is 0 Å². The highest BCUT2D eigenvalue weighted by atomic mass is 16.5. The van der Waals surface area contributed by atoms with Crippen LogP contribution in [0.3, 0.4) is 0 Å². The van der Waals surface area contributed by atoms with E-state index >= 15 is 0 Å². The summed E-state index contributed by atoms with van der Waals surface area (Å²) in [6.07, 6.45) is 16.9. The van der Waals surface area contributed by atoms with E-state index < -0.39 is 6.10 Å². The van der Waals surface area contributed by atoms with Gasteiger partial charge in [0, 0.05) is 17.9 Å². The van der Waals surface area contributed by atoms with E-state index in [-0.39, 0.29) is 17.7 Å². The first-order chi connectivity index (χ1) is 12.1. The lowest BCUT2D eigenvalue weighted by Crippen LogP contribution is -2.05. The maximum Gasteiger partial charge on any atom is 0.305 e. The third-order valence-corrected chi connectivity index (χ3v) is 4.42. The van der Waals surface area contributed by atoms with Crippen LogP contribution in [0.15, 0.2) is 36.0 Å². The zero-order valence-electron chi connectivity index (χ0n) is 15.6. The van der Waals surface area contributed by atoms with E-state index in [0.29, 0.717) is 6.42 Å². The third-order valence-electron chi connectivity index (χ3n) is 4.42. The molecule has 0 radical (unpaired) electrons. The van der Waals surface area contributed by atoms with Gasteiger partial charge in [0.05, 0.1) is 13.2 Å². The number of ketones is 1. The van der Waals surface area contributed by atoms with Gasteiger partial charge in [-0.3, -0.25) is 9.59 Å². The Balaban J connectivity index is 2.38. The zero-order valence-corrected chi connectivity index (χ0v) is 15.6. The number of hydrogen-bond donors (Lipinski definition) is 1. The average molecular weight is 348 g/mol. The molecule has 0 heterocycles. The number of hydrogen-bond acceptors (Lipinski definition) is 4. The maximum absolute atomic E-state index is 12.0. The molecule has 0 bridgehead atoms. The molecule has 2 atom stereocenters. The van der Waals surface area contributed by atoms with Gasteiger partial charge in [-0.25, -0.2) is 0 Å². The first kappa shape index (κ1) is 21.4. The quantitative estimate of drug-likeness (QED) is 0.247. The van der Waals surface area contributed by atoms with Crippen LogP contribution in [0.2, 0.25) is 0 Å². The van der Waals surface area contributed by atoms with E-state index in [1.807, 2.05) is 24.3 Å². The summed E-state index contributed by atoms with van der Waals surface area (Å²) < 4.78 is 4.61. The number of ether oxygens (including phenoxy) is 1. The van der Waals surface area contributed by atoms with Crippen molar-refractivity contribution in [2.75, 3.05) is 7.11 Å². The fourth-order valence-corrected chi connectivity index (χ4v) is 2.86. The van der Waals surface area contributed by atoms with Crippen molar-refractivity contribution >= 4 is 11.8 Å². The highest BCUT2D eigenvalue weighted by molar-refractivity contribution is 6.07. The van der Waals surface area contributed by atoms with E-state index in [1.54, 1.807) is 6.08 Å². The third kappa shape index (κ3) is 8.82. The molecule has 0 saturated carbocycles. The Bertz CT molecular complexity index is 502. The van der Waals surface area contributed by atoms with Crippen molar-refractivity contribution in [3.8, 4) is 0 Å². The summed E-state index contributed by atoms with van der Waals surface area (Å²) in [7, 11) is 1.40. The number of methoxy groups -OCH3 is 1. The Morgan fingerprint density at radius 1 is 1.28 bits per heavy atom. The minimum atomic E-state index is -0.435. The maximum atomic E-state index is 12.0. The van der Waals surface area contributed by atoms with Crippen molar-refractivity contribution in [2.24, 2.45) is 5.92 Å². The Morgan fingerprint density at radius 3 is 2.80 bits per heavy atom. The van der Waals surface area contributed by atoms with E-state index in [2.05, 4.69) is 11.7 Å². The number of allylic oxidation sites excluding steroid dienone is 5. The van der Waals surface area contributed by atoms with Crippen LogP contribution < -0.4 is 0 Å². The van der Waals surface area contributed by atoms with Gasteiger partial charge < -0.3 is 9.84 Å². The van der Waals surface area contributed by atoms with E-state index in [0.717, 1.165) is 56.9 Å². The topological polar surface area (TPSA) is 63.6 Å². The standard InChI is InChI=1S/C21H32O4/c1-3-4-7-10-18(22)15-13-17-14-16-20(23)19(17)11-8-5-6-9-12-21(24)25-2/h11,13-18,22H,3-10,12H2,1-2H3/b15-13+,19-11+/t17-,18+/m1/s1. The SMILES string of the molecule is CCCCC[C@H](O)/C=C/[C@@H]1C=CC(=O)/C1=C/CCCCCC(=O)OC. The zero-order chi connectivity index (χ0) is 18.5. The molecular weight excluding hydrogens is 316 g/mol. The van der Waals surface area contributed by atoms with Crippen molar-refractivity contribution in [1.29, 1.82) is 0 Å². The van der Waals surface area contributed by atoms with Gasteiger partial charge in [0.2, 0.25) is 0 Å². The number of esters is 1. The summed E-state index contributed by atoms with van der Waals surface area (Å²) in [6.45, 7) is 2.14. The summed E-state index contributed by atoms with van der Waals surface area (Å²) in [6, 6.07) is 0. The van der Waals surface area contributed by atoms with E-state index in [4.69, 9.17) is 0 Å². The second kappa shape index (κ2) is 12.6. The second-order valence-electron chi connectivity index (χ2n) is 6.53. The minimum absolute atomic E-state index is 0.0246. The lowest BCUT2D eigenvalue weighted by atomic mass is 9.98. The van der Waals surface area contributed by atoms with Crippen molar-refractivity contribution in [3.63, 3.8) is 0 Å². The van der Waals surface area contributed by atoms with Gasteiger partial charge in [0.1, 0.15) is 0 Å². The predicted molar refractivity (Wildman–Crippen MR) is 100 cm³/mol. The average Bonchev–Trinajstić information content (AvgIpc) is 2.96. The molecule has 1 aliphatic rings. The second-order valence-corrected chi connectivity index (χ2v) is 6.53. The summed E-state index contributed by atoms with van der Waals surface area (Å²) in [5.74, 6) is -0.135. The van der Waals surface area contributed by atoms with Gasteiger partial charge >= 0.3 is 5.97 Å². The summed E-state index contributed by atoms with van der Waals surface area (Å²) in [4.78, 5) is 23.0. The molecule has 0 fully saturated rings. The molecule has 4 nitrogen and oxygen atoms in total. The molecule has 0 saturated heterocycles. The highest BCUT2D eigenvalue weighted by Gasteiger charge is 2.20. The fourth-order valence-electron chi connectivity index (χ4n) is 2.86. The van der Waals surface area contributed by atoms with Crippen molar-refractivity contribution < 1.29 is 19.4 Å². The molecule has 1 rings (SSSR count). The van der Waals surface area contributed by atoms with Gasteiger partial charge in [0.15, 0.2) is 5.78 Å². The number of carbonyl (C=O) groups is 2. The Hall–Kier alpha value is -1.68. The van der Waals surface area contributed by atoms with Crippen LogP contribution in [0.4, 0.5) is 0 Å². The molecule has 0 aromatic carbocycles. The highest BCUT2D eigenvalue weighted by Crippen LogP contribution is 2.24. The Kier molecular flexibility index (Phi) is 10.8. The van der Waals surface area contributed by atoms with Crippen molar-refractivity contribution in [1.82, 2.24) is 0 Å². The molecule has 140 valence electrons. The first-order valence-electron chi connectivity index (χ1n) is 9.44. The molecule has 4 heteroatoms. The number of unbranched alkanes of at least 4 members (excludes halogenated alkanes) is 5. The van der Waals surface area contributed by atoms with Gasteiger partial charge in [0.25, 0.3) is 0 Å². The number of aliphatic hydroxyl groups is 1. The van der Waals surface area contributed by atoms with Crippen LogP contribution in [-0.2, 0) is 14.3 Å². The van der Waals surface area contributed by atoms with E-state index in [1.165, 1.54) is 7.11 Å². The van der Waals surface area contributed by atoms with Crippen LogP contribution >= 0.6 is 0 Å². The van der Waals surface area contributed by atoms with Crippen LogP contribution in [-0.4, -0.2) is 30.1 Å². The van der Waals surface area contributed by atoms with Gasteiger partial charge in [-0.05, 0) is 31.8 Å². The van der Waals surface area contributed by atoms with Gasteiger partial charge in [-0.2, -0.15) is 0 Å². The van der Waals surface area contributed by atoms with Crippen molar-refractivity contribution in [3.05, 3.63) is 36.0 Å². The van der Waals surface area contributed by atoms with Crippen LogP contribution in [0.1, 0.15) is 64.7 Å².